The number of nitrogens with one attached hydrogen (secondary N) is 2. The van der Waals surface area contributed by atoms with E-state index in [1.165, 1.54) is 5.56 Å². The maximum atomic E-state index is 5.24. The number of guanidine groups is 1. The molecule has 142 valence electrons. The summed E-state index contributed by atoms with van der Waals surface area (Å²) in [6.45, 7) is 2.50. The molecule has 2 N–H and O–H groups in total. The van der Waals surface area contributed by atoms with Crippen LogP contribution in [0.5, 0.6) is 5.75 Å². The Morgan fingerprint density at radius 2 is 2.04 bits per heavy atom. The van der Waals surface area contributed by atoms with Crippen LogP contribution in [-0.2, 0) is 6.54 Å². The van der Waals surface area contributed by atoms with Gasteiger partial charge in [-0.3, -0.25) is 9.67 Å². The second kappa shape index (κ2) is 10.5. The third-order valence-corrected chi connectivity index (χ3v) is 4.23. The summed E-state index contributed by atoms with van der Waals surface area (Å²) in [5.74, 6) is 1.68. The number of ether oxygens (including phenoxy) is 1. The molecule has 0 spiro atoms. The van der Waals surface area contributed by atoms with Gasteiger partial charge in [0.15, 0.2) is 5.96 Å². The maximum Gasteiger partial charge on any atom is 0.191 e. The maximum absolute atomic E-state index is 5.24. The lowest BCUT2D eigenvalue weighted by Gasteiger charge is -2.26. The fourth-order valence-corrected chi connectivity index (χ4v) is 2.72. The average molecular weight is 358 g/mol. The Kier molecular flexibility index (Phi) is 7.95. The van der Waals surface area contributed by atoms with Gasteiger partial charge in [0.1, 0.15) is 5.75 Å². The molecule has 0 saturated heterocycles. The molecule has 0 aliphatic carbocycles. The average Bonchev–Trinajstić information content (AvgIpc) is 3.17. The van der Waals surface area contributed by atoms with Crippen molar-refractivity contribution in [3.8, 4) is 5.75 Å². The second-order valence-corrected chi connectivity index (χ2v) is 6.26. The molecule has 0 bridgehead atoms. The summed E-state index contributed by atoms with van der Waals surface area (Å²) in [5, 5.41) is 11.0. The highest BCUT2D eigenvalue weighted by atomic mass is 16.5. The van der Waals surface area contributed by atoms with Crippen LogP contribution < -0.4 is 15.4 Å². The van der Waals surface area contributed by atoms with Crippen LogP contribution in [0.25, 0.3) is 0 Å². The number of hydrogen-bond acceptors (Lipinski definition) is 4. The van der Waals surface area contributed by atoms with Gasteiger partial charge in [-0.2, -0.15) is 5.10 Å². The molecule has 1 heterocycles. The molecule has 2 aromatic rings. The molecular weight excluding hydrogens is 328 g/mol. The van der Waals surface area contributed by atoms with Crippen LogP contribution in [-0.4, -0.2) is 62.0 Å². The number of rotatable bonds is 9. The fraction of sp³-hybridized carbons (Fsp3) is 0.474. The van der Waals surface area contributed by atoms with E-state index >= 15 is 0 Å². The molecule has 0 aliphatic heterocycles. The van der Waals surface area contributed by atoms with E-state index in [9.17, 15) is 0 Å². The minimum Gasteiger partial charge on any atom is -0.497 e. The lowest BCUT2D eigenvalue weighted by atomic mass is 10.1. The molecular formula is C19H30N6O. The largest absolute Gasteiger partial charge is 0.497 e. The highest BCUT2D eigenvalue weighted by Crippen LogP contribution is 2.20. The standard InChI is InChI=1S/C19H30N6O/c1-20-19(21-11-5-13-25-14-6-12-23-25)22-15-18(24(2)3)16-7-9-17(26-4)10-8-16/h6-10,12,14,18H,5,11,13,15H2,1-4H3,(H2,20,21,22). The number of aromatic nitrogens is 2. The summed E-state index contributed by atoms with van der Waals surface area (Å²) in [4.78, 5) is 6.50. The Balaban J connectivity index is 1.81. The van der Waals surface area contributed by atoms with E-state index in [4.69, 9.17) is 4.74 Å². The number of aryl methyl sites for hydroxylation is 1. The number of hydrogen-bond donors (Lipinski definition) is 2. The first-order valence-electron chi connectivity index (χ1n) is 8.86. The van der Waals surface area contributed by atoms with Crippen molar-refractivity contribution >= 4 is 5.96 Å². The smallest absolute Gasteiger partial charge is 0.191 e. The van der Waals surface area contributed by atoms with Crippen LogP contribution in [0.3, 0.4) is 0 Å². The summed E-state index contributed by atoms with van der Waals surface area (Å²) in [6, 6.07) is 10.4. The molecule has 1 atom stereocenters. The van der Waals surface area contributed by atoms with Gasteiger partial charge in [0.05, 0.1) is 13.2 Å². The number of aliphatic imine (C=N–C) groups is 1. The van der Waals surface area contributed by atoms with Crippen LogP contribution in [0.1, 0.15) is 18.0 Å². The molecule has 0 amide bonds. The second-order valence-electron chi connectivity index (χ2n) is 6.26. The van der Waals surface area contributed by atoms with E-state index < -0.39 is 0 Å². The van der Waals surface area contributed by atoms with Gasteiger partial charge in [-0.15, -0.1) is 0 Å². The van der Waals surface area contributed by atoms with E-state index in [0.717, 1.165) is 37.8 Å². The quantitative estimate of drug-likeness (QED) is 0.406. The van der Waals surface area contributed by atoms with Crippen molar-refractivity contribution in [1.82, 2.24) is 25.3 Å². The normalized spacial score (nSPS) is 12.9. The number of methoxy groups -OCH3 is 1. The molecule has 7 nitrogen and oxygen atoms in total. The molecule has 2 rings (SSSR count). The number of nitrogens with zero attached hydrogens (tertiary/aromatic N) is 4. The molecule has 0 aliphatic rings. The minimum atomic E-state index is 0.239. The van der Waals surface area contributed by atoms with E-state index in [2.05, 4.69) is 51.9 Å². The third kappa shape index (κ3) is 6.07. The van der Waals surface area contributed by atoms with Gasteiger partial charge in [-0.1, -0.05) is 12.1 Å². The van der Waals surface area contributed by atoms with Gasteiger partial charge in [0, 0.05) is 39.1 Å². The molecule has 0 saturated carbocycles. The predicted molar refractivity (Wildman–Crippen MR) is 106 cm³/mol. The molecule has 26 heavy (non-hydrogen) atoms. The summed E-state index contributed by atoms with van der Waals surface area (Å²) in [6.07, 6.45) is 4.76. The first kappa shape index (κ1) is 19.8. The van der Waals surface area contributed by atoms with Gasteiger partial charge in [-0.05, 0) is 44.3 Å². The van der Waals surface area contributed by atoms with E-state index in [1.54, 1.807) is 20.4 Å². The Morgan fingerprint density at radius 1 is 1.27 bits per heavy atom. The Hall–Kier alpha value is -2.54. The Labute approximate surface area is 156 Å². The zero-order valence-electron chi connectivity index (χ0n) is 16.1. The highest BCUT2D eigenvalue weighted by molar-refractivity contribution is 5.79. The molecule has 7 heteroatoms. The molecule has 1 aromatic heterocycles. The van der Waals surface area contributed by atoms with Crippen molar-refractivity contribution in [1.29, 1.82) is 0 Å². The SMILES string of the molecule is CN=C(NCCCn1cccn1)NCC(c1ccc(OC)cc1)N(C)C. The fourth-order valence-electron chi connectivity index (χ4n) is 2.72. The van der Waals surface area contributed by atoms with Gasteiger partial charge < -0.3 is 20.3 Å². The summed E-state index contributed by atoms with van der Waals surface area (Å²) >= 11 is 0. The van der Waals surface area contributed by atoms with Crippen molar-refractivity contribution < 1.29 is 4.74 Å². The number of benzene rings is 1. The zero-order valence-corrected chi connectivity index (χ0v) is 16.1. The molecule has 0 radical (unpaired) electrons. The van der Waals surface area contributed by atoms with E-state index in [0.29, 0.717) is 0 Å². The van der Waals surface area contributed by atoms with Crippen molar-refractivity contribution in [3.63, 3.8) is 0 Å². The van der Waals surface area contributed by atoms with Gasteiger partial charge in [0.25, 0.3) is 0 Å². The van der Waals surface area contributed by atoms with Crippen LogP contribution in [0, 0.1) is 0 Å². The Bertz CT molecular complexity index is 651. The van der Waals surface area contributed by atoms with Gasteiger partial charge >= 0.3 is 0 Å². The molecule has 1 aromatic carbocycles. The highest BCUT2D eigenvalue weighted by Gasteiger charge is 2.14. The summed E-state index contributed by atoms with van der Waals surface area (Å²) < 4.78 is 7.18. The number of likely N-dealkylation sites (N-methyl/N-ethyl adjacent to an activating group) is 1. The lowest BCUT2D eigenvalue weighted by molar-refractivity contribution is 0.298. The van der Waals surface area contributed by atoms with Crippen LogP contribution in [0.4, 0.5) is 0 Å². The van der Waals surface area contributed by atoms with Gasteiger partial charge in [0.2, 0.25) is 0 Å². The van der Waals surface area contributed by atoms with Crippen LogP contribution in [0.15, 0.2) is 47.7 Å². The summed E-state index contributed by atoms with van der Waals surface area (Å²) in [7, 11) is 7.64. The van der Waals surface area contributed by atoms with Crippen LogP contribution in [0.2, 0.25) is 0 Å². The van der Waals surface area contributed by atoms with E-state index in [1.807, 2.05) is 29.1 Å². The van der Waals surface area contributed by atoms with Crippen molar-refractivity contribution in [2.75, 3.05) is 41.3 Å². The first-order chi connectivity index (χ1) is 12.6. The third-order valence-electron chi connectivity index (χ3n) is 4.23. The zero-order chi connectivity index (χ0) is 18.8. The van der Waals surface area contributed by atoms with Crippen molar-refractivity contribution in [2.24, 2.45) is 4.99 Å². The molecule has 1 unspecified atom stereocenters. The predicted octanol–water partition coefficient (Wildman–Crippen LogP) is 1.75. The summed E-state index contributed by atoms with van der Waals surface area (Å²) in [5.41, 5.74) is 1.23. The van der Waals surface area contributed by atoms with Crippen molar-refractivity contribution in [2.45, 2.75) is 19.0 Å². The van der Waals surface area contributed by atoms with Crippen LogP contribution >= 0.6 is 0 Å². The Morgan fingerprint density at radius 3 is 2.62 bits per heavy atom. The monoisotopic (exact) mass is 358 g/mol. The topological polar surface area (TPSA) is 66.7 Å². The van der Waals surface area contributed by atoms with Crippen molar-refractivity contribution in [3.05, 3.63) is 48.3 Å². The minimum absolute atomic E-state index is 0.239. The van der Waals surface area contributed by atoms with Gasteiger partial charge in [-0.25, -0.2) is 0 Å². The lowest BCUT2D eigenvalue weighted by Crippen LogP contribution is -2.42. The van der Waals surface area contributed by atoms with E-state index in [-0.39, 0.29) is 6.04 Å². The molecule has 0 fully saturated rings. The first-order valence-corrected chi connectivity index (χ1v) is 8.86.